The Labute approximate surface area is 154 Å². The predicted octanol–water partition coefficient (Wildman–Crippen LogP) is 4.63. The van der Waals surface area contributed by atoms with E-state index in [1.165, 1.54) is 0 Å². The van der Waals surface area contributed by atoms with E-state index in [-0.39, 0.29) is 12.6 Å². The van der Waals surface area contributed by atoms with E-state index in [2.05, 4.69) is 31.2 Å². The third kappa shape index (κ3) is 3.88. The Hall–Kier alpha value is -1.63. The SMILES string of the molecule is CC.CC(CO)Nc1nc(-c2ccccc2Cl)cn2c(Br)cnc12. The molecule has 0 aliphatic rings. The Morgan fingerprint density at radius 2 is 2.04 bits per heavy atom. The van der Waals surface area contributed by atoms with E-state index in [1.807, 2.05) is 55.6 Å². The molecule has 2 heterocycles. The molecule has 0 saturated carbocycles. The number of imidazole rings is 1. The van der Waals surface area contributed by atoms with Crippen molar-refractivity contribution in [2.45, 2.75) is 26.8 Å². The van der Waals surface area contributed by atoms with Gasteiger partial charge < -0.3 is 10.4 Å². The lowest BCUT2D eigenvalue weighted by Gasteiger charge is -2.14. The molecule has 7 heteroatoms. The molecule has 3 rings (SSSR count). The van der Waals surface area contributed by atoms with Gasteiger partial charge in [-0.05, 0) is 28.9 Å². The third-order valence-corrected chi connectivity index (χ3v) is 4.17. The van der Waals surface area contributed by atoms with Crippen molar-refractivity contribution in [2.75, 3.05) is 11.9 Å². The van der Waals surface area contributed by atoms with Crippen LogP contribution in [0, 0.1) is 0 Å². The highest BCUT2D eigenvalue weighted by Crippen LogP contribution is 2.29. The largest absolute Gasteiger partial charge is 0.394 e. The fraction of sp³-hybridized carbons (Fsp3) is 0.294. The Balaban J connectivity index is 0.00000100. The number of hydrogen-bond acceptors (Lipinski definition) is 4. The van der Waals surface area contributed by atoms with Gasteiger partial charge in [-0.3, -0.25) is 4.40 Å². The summed E-state index contributed by atoms with van der Waals surface area (Å²) in [5.74, 6) is 0.602. The van der Waals surface area contributed by atoms with Crippen LogP contribution in [0.15, 0.2) is 41.3 Å². The first-order chi connectivity index (χ1) is 11.6. The van der Waals surface area contributed by atoms with Crippen molar-refractivity contribution >= 4 is 39.0 Å². The second kappa shape index (κ2) is 8.46. The van der Waals surface area contributed by atoms with Gasteiger partial charge in [0.2, 0.25) is 0 Å². The van der Waals surface area contributed by atoms with E-state index >= 15 is 0 Å². The number of aromatic nitrogens is 3. The molecule has 0 aliphatic heterocycles. The van der Waals surface area contributed by atoms with Gasteiger partial charge in [-0.15, -0.1) is 0 Å². The maximum Gasteiger partial charge on any atom is 0.181 e. The normalized spacial score (nSPS) is 11.8. The van der Waals surface area contributed by atoms with Gasteiger partial charge in [-0.2, -0.15) is 0 Å². The molecule has 2 N–H and O–H groups in total. The molecule has 0 saturated heterocycles. The molecule has 1 atom stereocenters. The Bertz CT molecular complexity index is 821. The Kier molecular flexibility index (Phi) is 6.60. The molecule has 0 bridgehead atoms. The van der Waals surface area contributed by atoms with E-state index in [0.29, 0.717) is 16.5 Å². The van der Waals surface area contributed by atoms with Crippen LogP contribution in [-0.4, -0.2) is 32.1 Å². The van der Waals surface area contributed by atoms with Gasteiger partial charge in [0.1, 0.15) is 4.60 Å². The molecule has 3 aromatic rings. The molecule has 0 spiro atoms. The van der Waals surface area contributed by atoms with Gasteiger partial charge in [0.15, 0.2) is 11.5 Å². The fourth-order valence-corrected chi connectivity index (χ4v) is 2.74. The number of halogens is 2. The van der Waals surface area contributed by atoms with Crippen LogP contribution in [0.1, 0.15) is 20.8 Å². The number of aliphatic hydroxyl groups excluding tert-OH is 1. The monoisotopic (exact) mass is 410 g/mol. The molecular weight excluding hydrogens is 392 g/mol. The fourth-order valence-electron chi connectivity index (χ4n) is 2.13. The van der Waals surface area contributed by atoms with Crippen molar-refractivity contribution in [3.8, 4) is 11.3 Å². The lowest BCUT2D eigenvalue weighted by atomic mass is 10.1. The zero-order chi connectivity index (χ0) is 17.7. The standard InChI is InChI=1S/C15H14BrClN4O.C2H6/c1-9(8-22)19-14-15-18-6-13(16)21(15)7-12(20-14)10-4-2-3-5-11(10)17;1-2/h2-7,9,22H,8H2,1H3,(H,19,20);1-2H3. The lowest BCUT2D eigenvalue weighted by Crippen LogP contribution is -2.20. The van der Waals surface area contributed by atoms with Gasteiger partial charge in [0.25, 0.3) is 0 Å². The number of nitrogens with one attached hydrogen (secondary N) is 1. The topological polar surface area (TPSA) is 62.5 Å². The van der Waals surface area contributed by atoms with Crippen molar-refractivity contribution < 1.29 is 5.11 Å². The first-order valence-corrected chi connectivity index (χ1v) is 8.93. The molecule has 24 heavy (non-hydrogen) atoms. The van der Waals surface area contributed by atoms with Crippen molar-refractivity contribution in [1.82, 2.24) is 14.4 Å². The van der Waals surface area contributed by atoms with Gasteiger partial charge >= 0.3 is 0 Å². The highest BCUT2D eigenvalue weighted by Gasteiger charge is 2.14. The number of rotatable bonds is 4. The van der Waals surface area contributed by atoms with E-state index < -0.39 is 0 Å². The van der Waals surface area contributed by atoms with Crippen molar-refractivity contribution in [3.05, 3.63) is 46.3 Å². The Morgan fingerprint density at radius 3 is 2.71 bits per heavy atom. The summed E-state index contributed by atoms with van der Waals surface area (Å²) in [5, 5.41) is 13.1. The lowest BCUT2D eigenvalue weighted by molar-refractivity contribution is 0.281. The number of anilines is 1. The first kappa shape index (κ1) is 18.7. The van der Waals surface area contributed by atoms with Crippen LogP contribution < -0.4 is 5.32 Å². The smallest absolute Gasteiger partial charge is 0.181 e. The minimum Gasteiger partial charge on any atom is -0.394 e. The van der Waals surface area contributed by atoms with E-state index in [1.54, 1.807) is 6.20 Å². The summed E-state index contributed by atoms with van der Waals surface area (Å²) >= 11 is 9.74. The van der Waals surface area contributed by atoms with Crippen LogP contribution in [0.2, 0.25) is 5.02 Å². The van der Waals surface area contributed by atoms with Gasteiger partial charge in [-0.1, -0.05) is 43.6 Å². The number of fused-ring (bicyclic) bond motifs is 1. The van der Waals surface area contributed by atoms with Crippen LogP contribution >= 0.6 is 27.5 Å². The average molecular weight is 412 g/mol. The van der Waals surface area contributed by atoms with Gasteiger partial charge in [0.05, 0.1) is 23.5 Å². The number of hydrogen-bond donors (Lipinski definition) is 2. The second-order valence-electron chi connectivity index (χ2n) is 4.96. The van der Waals surface area contributed by atoms with Crippen LogP contribution in [-0.2, 0) is 0 Å². The van der Waals surface area contributed by atoms with Crippen LogP contribution in [0.4, 0.5) is 5.82 Å². The second-order valence-corrected chi connectivity index (χ2v) is 6.18. The van der Waals surface area contributed by atoms with Crippen molar-refractivity contribution in [2.24, 2.45) is 0 Å². The minimum atomic E-state index is -0.131. The molecule has 0 radical (unpaired) electrons. The average Bonchev–Trinajstić information content (AvgIpc) is 2.98. The summed E-state index contributed by atoms with van der Waals surface area (Å²) in [6.45, 7) is 5.88. The highest BCUT2D eigenvalue weighted by atomic mass is 79.9. The summed E-state index contributed by atoms with van der Waals surface area (Å²) in [6.07, 6.45) is 3.59. The predicted molar refractivity (Wildman–Crippen MR) is 103 cm³/mol. The highest BCUT2D eigenvalue weighted by molar-refractivity contribution is 9.10. The number of benzene rings is 1. The summed E-state index contributed by atoms with van der Waals surface area (Å²) < 4.78 is 2.70. The molecule has 0 aliphatic carbocycles. The van der Waals surface area contributed by atoms with E-state index in [9.17, 15) is 5.11 Å². The molecule has 2 aromatic heterocycles. The molecule has 0 fully saturated rings. The zero-order valence-electron chi connectivity index (χ0n) is 13.8. The maximum absolute atomic E-state index is 9.26. The zero-order valence-corrected chi connectivity index (χ0v) is 16.1. The first-order valence-electron chi connectivity index (χ1n) is 7.76. The van der Waals surface area contributed by atoms with Gasteiger partial charge in [0, 0.05) is 17.8 Å². The molecule has 1 aromatic carbocycles. The molecule has 1 unspecified atom stereocenters. The minimum absolute atomic E-state index is 0.00599. The number of nitrogens with zero attached hydrogens (tertiary/aromatic N) is 3. The van der Waals surface area contributed by atoms with Crippen molar-refractivity contribution in [1.29, 1.82) is 0 Å². The van der Waals surface area contributed by atoms with E-state index in [4.69, 9.17) is 11.6 Å². The van der Waals surface area contributed by atoms with E-state index in [0.717, 1.165) is 15.9 Å². The quantitative estimate of drug-likeness (QED) is 0.657. The summed E-state index contributed by atoms with van der Waals surface area (Å²) in [5.41, 5.74) is 2.25. The third-order valence-electron chi connectivity index (χ3n) is 3.25. The number of aliphatic hydroxyl groups is 1. The van der Waals surface area contributed by atoms with Crippen LogP contribution in [0.3, 0.4) is 0 Å². The summed E-state index contributed by atoms with van der Waals surface area (Å²) in [4.78, 5) is 8.96. The van der Waals surface area contributed by atoms with Crippen LogP contribution in [0.25, 0.3) is 16.9 Å². The van der Waals surface area contributed by atoms with Gasteiger partial charge in [-0.25, -0.2) is 9.97 Å². The Morgan fingerprint density at radius 1 is 1.33 bits per heavy atom. The van der Waals surface area contributed by atoms with Crippen molar-refractivity contribution in [3.63, 3.8) is 0 Å². The molecule has 128 valence electrons. The molecule has 5 nitrogen and oxygen atoms in total. The van der Waals surface area contributed by atoms with Crippen LogP contribution in [0.5, 0.6) is 0 Å². The molecule has 0 amide bonds. The molecular formula is C17H20BrClN4O. The summed E-state index contributed by atoms with van der Waals surface area (Å²) in [6, 6.07) is 7.41. The maximum atomic E-state index is 9.26. The summed E-state index contributed by atoms with van der Waals surface area (Å²) in [7, 11) is 0.